The summed E-state index contributed by atoms with van der Waals surface area (Å²) in [5.41, 5.74) is 2.11. The van der Waals surface area contributed by atoms with Gasteiger partial charge in [-0.2, -0.15) is 0 Å². The molecule has 98 valence electrons. The maximum absolute atomic E-state index is 4.54. The minimum absolute atomic E-state index is 0.665. The standard InChI is InChI=1S/C15H23N3/c1-10(2)12(11(3)4)9-16-15-17-13-7-5-6-8-14(13)18-15/h5-8,10-12H,9H2,1-4H3,(H2,16,17,18). The van der Waals surface area contributed by atoms with Crippen LogP contribution in [0.2, 0.25) is 0 Å². The molecule has 0 unspecified atom stereocenters. The molecule has 18 heavy (non-hydrogen) atoms. The highest BCUT2D eigenvalue weighted by Crippen LogP contribution is 2.21. The fourth-order valence-electron chi connectivity index (χ4n) is 2.49. The predicted octanol–water partition coefficient (Wildman–Crippen LogP) is 3.90. The molecule has 0 bridgehead atoms. The van der Waals surface area contributed by atoms with Crippen LogP contribution in [0.4, 0.5) is 5.95 Å². The summed E-state index contributed by atoms with van der Waals surface area (Å²) in [6.45, 7) is 10.1. The number of nitrogens with zero attached hydrogens (tertiary/aromatic N) is 1. The number of imidazole rings is 1. The van der Waals surface area contributed by atoms with Crippen LogP contribution in [0.5, 0.6) is 0 Å². The fourth-order valence-corrected chi connectivity index (χ4v) is 2.49. The lowest BCUT2D eigenvalue weighted by Gasteiger charge is -2.24. The zero-order valence-corrected chi connectivity index (χ0v) is 11.7. The van der Waals surface area contributed by atoms with E-state index in [0.29, 0.717) is 17.8 Å². The van der Waals surface area contributed by atoms with Gasteiger partial charge in [-0.15, -0.1) is 0 Å². The second-order valence-electron chi connectivity index (χ2n) is 5.64. The zero-order valence-electron chi connectivity index (χ0n) is 11.7. The summed E-state index contributed by atoms with van der Waals surface area (Å²) >= 11 is 0. The normalized spacial score (nSPS) is 11.9. The van der Waals surface area contributed by atoms with E-state index < -0.39 is 0 Å². The maximum atomic E-state index is 4.54. The van der Waals surface area contributed by atoms with Gasteiger partial charge in [-0.1, -0.05) is 39.8 Å². The van der Waals surface area contributed by atoms with Crippen molar-refractivity contribution in [2.75, 3.05) is 11.9 Å². The number of benzene rings is 1. The number of anilines is 1. The van der Waals surface area contributed by atoms with Crippen LogP contribution in [0.1, 0.15) is 27.7 Å². The Bertz CT molecular complexity index is 458. The third kappa shape index (κ3) is 2.84. The van der Waals surface area contributed by atoms with Gasteiger partial charge in [-0.25, -0.2) is 4.98 Å². The molecule has 1 aromatic heterocycles. The molecule has 1 heterocycles. The molecule has 3 heteroatoms. The van der Waals surface area contributed by atoms with Crippen LogP contribution in [0, 0.1) is 17.8 Å². The lowest BCUT2D eigenvalue weighted by molar-refractivity contribution is 0.304. The molecule has 0 saturated carbocycles. The van der Waals surface area contributed by atoms with Crippen LogP contribution >= 0.6 is 0 Å². The average Bonchev–Trinajstić information content (AvgIpc) is 2.70. The first kappa shape index (κ1) is 12.9. The van der Waals surface area contributed by atoms with Gasteiger partial charge in [0, 0.05) is 6.54 Å². The quantitative estimate of drug-likeness (QED) is 0.838. The van der Waals surface area contributed by atoms with Crippen molar-refractivity contribution in [3.05, 3.63) is 24.3 Å². The molecular formula is C15H23N3. The average molecular weight is 245 g/mol. The first-order valence-electron chi connectivity index (χ1n) is 6.76. The highest BCUT2D eigenvalue weighted by Gasteiger charge is 2.17. The summed E-state index contributed by atoms with van der Waals surface area (Å²) in [6, 6.07) is 8.11. The Morgan fingerprint density at radius 1 is 1.11 bits per heavy atom. The molecule has 0 radical (unpaired) electrons. The molecule has 0 fully saturated rings. The summed E-state index contributed by atoms with van der Waals surface area (Å²) in [5.74, 6) is 2.91. The molecule has 0 aliphatic carbocycles. The number of hydrogen-bond acceptors (Lipinski definition) is 2. The van der Waals surface area contributed by atoms with Gasteiger partial charge in [-0.05, 0) is 29.9 Å². The molecule has 0 aliphatic rings. The summed E-state index contributed by atoms with van der Waals surface area (Å²) in [7, 11) is 0. The fraction of sp³-hybridized carbons (Fsp3) is 0.533. The number of rotatable bonds is 5. The summed E-state index contributed by atoms with van der Waals surface area (Å²) < 4.78 is 0. The molecule has 2 N–H and O–H groups in total. The Balaban J connectivity index is 2.05. The van der Waals surface area contributed by atoms with Gasteiger partial charge in [-0.3, -0.25) is 0 Å². The van der Waals surface area contributed by atoms with Gasteiger partial charge in [0.05, 0.1) is 11.0 Å². The highest BCUT2D eigenvalue weighted by molar-refractivity contribution is 5.77. The van der Waals surface area contributed by atoms with E-state index in [2.05, 4.69) is 49.0 Å². The van der Waals surface area contributed by atoms with E-state index in [1.165, 1.54) is 0 Å². The van der Waals surface area contributed by atoms with Crippen molar-refractivity contribution < 1.29 is 0 Å². The first-order valence-corrected chi connectivity index (χ1v) is 6.76. The third-order valence-corrected chi connectivity index (χ3v) is 3.61. The number of aromatic amines is 1. The minimum Gasteiger partial charge on any atom is -0.356 e. The van der Waals surface area contributed by atoms with Crippen molar-refractivity contribution in [3.8, 4) is 0 Å². The lowest BCUT2D eigenvalue weighted by Crippen LogP contribution is -2.24. The van der Waals surface area contributed by atoms with E-state index in [1.54, 1.807) is 0 Å². The van der Waals surface area contributed by atoms with Crippen molar-refractivity contribution in [2.45, 2.75) is 27.7 Å². The molecule has 3 nitrogen and oxygen atoms in total. The van der Waals surface area contributed by atoms with Crippen molar-refractivity contribution >= 4 is 17.0 Å². The number of para-hydroxylation sites is 2. The van der Waals surface area contributed by atoms with Gasteiger partial charge in [0.1, 0.15) is 0 Å². The van der Waals surface area contributed by atoms with E-state index in [4.69, 9.17) is 0 Å². The minimum atomic E-state index is 0.665. The number of nitrogens with one attached hydrogen (secondary N) is 2. The monoisotopic (exact) mass is 245 g/mol. The second-order valence-corrected chi connectivity index (χ2v) is 5.64. The van der Waals surface area contributed by atoms with Gasteiger partial charge < -0.3 is 10.3 Å². The molecule has 1 aromatic carbocycles. The Kier molecular flexibility index (Phi) is 3.90. The largest absolute Gasteiger partial charge is 0.356 e. The molecule has 0 amide bonds. The van der Waals surface area contributed by atoms with E-state index in [1.807, 2.05) is 18.2 Å². The molecule has 2 rings (SSSR count). The third-order valence-electron chi connectivity index (χ3n) is 3.61. The van der Waals surface area contributed by atoms with E-state index >= 15 is 0 Å². The van der Waals surface area contributed by atoms with E-state index in [9.17, 15) is 0 Å². The van der Waals surface area contributed by atoms with Crippen LogP contribution in [0.15, 0.2) is 24.3 Å². The SMILES string of the molecule is CC(C)C(CNc1nc2ccccc2[nH]1)C(C)C. The molecular weight excluding hydrogens is 222 g/mol. The van der Waals surface area contributed by atoms with Crippen LogP contribution in [-0.2, 0) is 0 Å². The van der Waals surface area contributed by atoms with Crippen molar-refractivity contribution in [1.29, 1.82) is 0 Å². The van der Waals surface area contributed by atoms with Gasteiger partial charge >= 0.3 is 0 Å². The molecule has 0 aliphatic heterocycles. The Morgan fingerprint density at radius 2 is 1.78 bits per heavy atom. The number of fused-ring (bicyclic) bond motifs is 1. The second kappa shape index (κ2) is 5.42. The van der Waals surface area contributed by atoms with Crippen LogP contribution < -0.4 is 5.32 Å². The van der Waals surface area contributed by atoms with Gasteiger partial charge in [0.15, 0.2) is 0 Å². The van der Waals surface area contributed by atoms with Crippen molar-refractivity contribution in [3.63, 3.8) is 0 Å². The van der Waals surface area contributed by atoms with E-state index in [-0.39, 0.29) is 0 Å². The first-order chi connectivity index (χ1) is 8.58. The van der Waals surface area contributed by atoms with Crippen LogP contribution in [0.3, 0.4) is 0 Å². The van der Waals surface area contributed by atoms with Crippen molar-refractivity contribution in [2.24, 2.45) is 17.8 Å². The summed E-state index contributed by atoms with van der Waals surface area (Å²) in [4.78, 5) is 7.84. The van der Waals surface area contributed by atoms with E-state index in [0.717, 1.165) is 23.5 Å². The number of H-pyrrole nitrogens is 1. The smallest absolute Gasteiger partial charge is 0.201 e. The van der Waals surface area contributed by atoms with Crippen molar-refractivity contribution in [1.82, 2.24) is 9.97 Å². The van der Waals surface area contributed by atoms with Crippen LogP contribution in [0.25, 0.3) is 11.0 Å². The Morgan fingerprint density at radius 3 is 2.39 bits per heavy atom. The van der Waals surface area contributed by atoms with Gasteiger partial charge in [0.25, 0.3) is 0 Å². The van der Waals surface area contributed by atoms with Crippen LogP contribution in [-0.4, -0.2) is 16.5 Å². The molecule has 0 saturated heterocycles. The topological polar surface area (TPSA) is 40.7 Å². The highest BCUT2D eigenvalue weighted by atomic mass is 15.1. The maximum Gasteiger partial charge on any atom is 0.201 e. The Labute approximate surface area is 109 Å². The summed E-state index contributed by atoms with van der Waals surface area (Å²) in [5, 5.41) is 3.43. The Hall–Kier alpha value is -1.51. The zero-order chi connectivity index (χ0) is 13.1. The number of hydrogen-bond donors (Lipinski definition) is 2. The molecule has 2 aromatic rings. The lowest BCUT2D eigenvalue weighted by atomic mass is 9.85. The number of aromatic nitrogens is 2. The predicted molar refractivity (Wildman–Crippen MR) is 77.7 cm³/mol. The van der Waals surface area contributed by atoms with Gasteiger partial charge in [0.2, 0.25) is 5.95 Å². The molecule has 0 atom stereocenters. The molecule has 0 spiro atoms. The summed E-state index contributed by atoms with van der Waals surface area (Å²) in [6.07, 6.45) is 0.